The maximum Gasteiger partial charge on any atom is 0.219 e. The lowest BCUT2D eigenvalue weighted by Crippen LogP contribution is -2.35. The predicted octanol–water partition coefficient (Wildman–Crippen LogP) is 1.24. The van der Waals surface area contributed by atoms with E-state index in [0.29, 0.717) is 37.6 Å². The molecule has 1 aliphatic heterocycles. The van der Waals surface area contributed by atoms with Crippen molar-refractivity contribution in [2.45, 2.75) is 26.3 Å². The molecule has 126 valence electrons. The van der Waals surface area contributed by atoms with Crippen molar-refractivity contribution in [1.82, 2.24) is 19.9 Å². The van der Waals surface area contributed by atoms with E-state index in [4.69, 9.17) is 5.11 Å². The Bertz CT molecular complexity index is 720. The summed E-state index contributed by atoms with van der Waals surface area (Å²) < 4.78 is 0. The molecule has 24 heavy (non-hydrogen) atoms. The summed E-state index contributed by atoms with van der Waals surface area (Å²) in [5.41, 5.74) is 2.61. The van der Waals surface area contributed by atoms with Crippen molar-refractivity contribution in [1.29, 1.82) is 0 Å². The van der Waals surface area contributed by atoms with E-state index in [-0.39, 0.29) is 12.5 Å². The number of anilines is 1. The molecule has 7 heteroatoms. The summed E-state index contributed by atoms with van der Waals surface area (Å²) in [6.45, 7) is 3.50. The number of fused-ring (bicyclic) bond motifs is 1. The van der Waals surface area contributed by atoms with E-state index in [1.54, 1.807) is 18.0 Å². The van der Waals surface area contributed by atoms with E-state index in [1.165, 1.54) is 0 Å². The fourth-order valence-electron chi connectivity index (χ4n) is 2.74. The van der Waals surface area contributed by atoms with Crippen molar-refractivity contribution in [3.05, 3.63) is 35.7 Å². The van der Waals surface area contributed by atoms with Gasteiger partial charge in [0.15, 0.2) is 5.82 Å². The molecule has 0 bridgehead atoms. The van der Waals surface area contributed by atoms with Crippen LogP contribution in [0.25, 0.3) is 11.5 Å². The Morgan fingerprint density at radius 2 is 2.25 bits per heavy atom. The standard InChI is InChI=1S/C17H21N5O2/c1-12(24)22-9-6-13-15(11-22)20-17(14-5-2-3-7-18-14)21-16(13)19-8-4-10-23/h2-3,5,7,23H,4,6,8-11H2,1H3,(H,19,20,21). The third-order valence-corrected chi connectivity index (χ3v) is 4.03. The quantitative estimate of drug-likeness (QED) is 0.803. The van der Waals surface area contributed by atoms with Gasteiger partial charge in [-0.3, -0.25) is 9.78 Å². The van der Waals surface area contributed by atoms with Crippen molar-refractivity contribution in [3.8, 4) is 11.5 Å². The summed E-state index contributed by atoms with van der Waals surface area (Å²) in [6.07, 6.45) is 3.08. The molecule has 0 radical (unpaired) electrons. The van der Waals surface area contributed by atoms with Gasteiger partial charge < -0.3 is 15.3 Å². The van der Waals surface area contributed by atoms with E-state index in [2.05, 4.69) is 20.3 Å². The minimum atomic E-state index is 0.0495. The maximum absolute atomic E-state index is 11.7. The molecule has 0 fully saturated rings. The molecule has 3 rings (SSSR count). The van der Waals surface area contributed by atoms with Crippen LogP contribution in [0.4, 0.5) is 5.82 Å². The number of carbonyl (C=O) groups excluding carboxylic acids is 1. The van der Waals surface area contributed by atoms with Crippen LogP contribution in [0.3, 0.4) is 0 Å². The number of aromatic nitrogens is 3. The Balaban J connectivity index is 1.98. The molecule has 0 spiro atoms. The van der Waals surface area contributed by atoms with Crippen LogP contribution in [0.1, 0.15) is 24.6 Å². The molecule has 2 N–H and O–H groups in total. The molecule has 2 aromatic heterocycles. The number of nitrogens with zero attached hydrogens (tertiary/aromatic N) is 4. The summed E-state index contributed by atoms with van der Waals surface area (Å²) in [6, 6.07) is 5.61. The summed E-state index contributed by atoms with van der Waals surface area (Å²) in [4.78, 5) is 27.1. The Labute approximate surface area is 140 Å². The van der Waals surface area contributed by atoms with E-state index in [0.717, 1.165) is 23.5 Å². The SMILES string of the molecule is CC(=O)N1CCc2c(nc(-c3ccccn3)nc2NCCCO)C1. The normalized spacial score (nSPS) is 13.5. The fourth-order valence-corrected chi connectivity index (χ4v) is 2.74. The highest BCUT2D eigenvalue weighted by atomic mass is 16.3. The average molecular weight is 327 g/mol. The number of hydrogen-bond donors (Lipinski definition) is 2. The molecule has 0 saturated carbocycles. The second-order valence-electron chi connectivity index (χ2n) is 5.73. The minimum Gasteiger partial charge on any atom is -0.396 e. The number of pyridine rings is 1. The van der Waals surface area contributed by atoms with E-state index in [9.17, 15) is 4.79 Å². The molecular weight excluding hydrogens is 306 g/mol. The molecule has 0 atom stereocenters. The zero-order valence-electron chi connectivity index (χ0n) is 13.7. The first-order valence-corrected chi connectivity index (χ1v) is 8.10. The number of carbonyl (C=O) groups is 1. The summed E-state index contributed by atoms with van der Waals surface area (Å²) in [5.74, 6) is 1.37. The number of aliphatic hydroxyl groups is 1. The van der Waals surface area contributed by atoms with Crippen LogP contribution in [0.15, 0.2) is 24.4 Å². The first-order valence-electron chi connectivity index (χ1n) is 8.10. The van der Waals surface area contributed by atoms with Crippen molar-refractivity contribution >= 4 is 11.7 Å². The van der Waals surface area contributed by atoms with Crippen LogP contribution < -0.4 is 5.32 Å². The maximum atomic E-state index is 11.7. The van der Waals surface area contributed by atoms with Crippen molar-refractivity contribution < 1.29 is 9.90 Å². The van der Waals surface area contributed by atoms with Gasteiger partial charge in [0.2, 0.25) is 5.91 Å². The summed E-state index contributed by atoms with van der Waals surface area (Å²) in [7, 11) is 0. The second kappa shape index (κ2) is 7.35. The van der Waals surface area contributed by atoms with Gasteiger partial charge in [0.05, 0.1) is 12.2 Å². The monoisotopic (exact) mass is 327 g/mol. The van der Waals surface area contributed by atoms with Crippen LogP contribution in [0.2, 0.25) is 0 Å². The zero-order chi connectivity index (χ0) is 16.9. The van der Waals surface area contributed by atoms with E-state index < -0.39 is 0 Å². The number of hydrogen-bond acceptors (Lipinski definition) is 6. The molecule has 7 nitrogen and oxygen atoms in total. The second-order valence-corrected chi connectivity index (χ2v) is 5.73. The number of nitrogens with one attached hydrogen (secondary N) is 1. The minimum absolute atomic E-state index is 0.0495. The highest BCUT2D eigenvalue weighted by Crippen LogP contribution is 2.26. The van der Waals surface area contributed by atoms with Crippen LogP contribution in [-0.2, 0) is 17.8 Å². The third-order valence-electron chi connectivity index (χ3n) is 4.03. The first kappa shape index (κ1) is 16.3. The van der Waals surface area contributed by atoms with E-state index >= 15 is 0 Å². The van der Waals surface area contributed by atoms with Gasteiger partial charge in [-0.2, -0.15) is 0 Å². The highest BCUT2D eigenvalue weighted by Gasteiger charge is 2.24. The lowest BCUT2D eigenvalue weighted by Gasteiger charge is -2.28. The van der Waals surface area contributed by atoms with Gasteiger partial charge in [0.25, 0.3) is 0 Å². The van der Waals surface area contributed by atoms with Gasteiger partial charge in [0.1, 0.15) is 11.5 Å². The zero-order valence-corrected chi connectivity index (χ0v) is 13.7. The van der Waals surface area contributed by atoms with Gasteiger partial charge in [-0.25, -0.2) is 9.97 Å². The third kappa shape index (κ3) is 3.51. The number of rotatable bonds is 5. The van der Waals surface area contributed by atoms with Gasteiger partial charge in [-0.1, -0.05) is 6.07 Å². The molecule has 3 heterocycles. The topological polar surface area (TPSA) is 91.2 Å². The number of amides is 1. The van der Waals surface area contributed by atoms with Gasteiger partial charge in [-0.05, 0) is 25.0 Å². The Hall–Kier alpha value is -2.54. The lowest BCUT2D eigenvalue weighted by atomic mass is 10.0. The molecular formula is C17H21N5O2. The molecule has 1 aliphatic rings. The van der Waals surface area contributed by atoms with Crippen LogP contribution in [-0.4, -0.2) is 50.6 Å². The van der Waals surface area contributed by atoms with Crippen LogP contribution >= 0.6 is 0 Å². The van der Waals surface area contributed by atoms with Crippen molar-refractivity contribution in [3.63, 3.8) is 0 Å². The smallest absolute Gasteiger partial charge is 0.219 e. The van der Waals surface area contributed by atoms with Crippen LogP contribution in [0, 0.1) is 0 Å². The first-order chi connectivity index (χ1) is 11.7. The molecule has 2 aromatic rings. The predicted molar refractivity (Wildman–Crippen MR) is 90.3 cm³/mol. The lowest BCUT2D eigenvalue weighted by molar-refractivity contribution is -0.129. The molecule has 0 unspecified atom stereocenters. The van der Waals surface area contributed by atoms with Crippen LogP contribution in [0.5, 0.6) is 0 Å². The Morgan fingerprint density at radius 3 is 2.96 bits per heavy atom. The number of aliphatic hydroxyl groups excluding tert-OH is 1. The van der Waals surface area contributed by atoms with Crippen molar-refractivity contribution in [2.24, 2.45) is 0 Å². The van der Waals surface area contributed by atoms with Crippen molar-refractivity contribution in [2.75, 3.05) is 25.0 Å². The average Bonchev–Trinajstić information content (AvgIpc) is 2.62. The van der Waals surface area contributed by atoms with Gasteiger partial charge >= 0.3 is 0 Å². The summed E-state index contributed by atoms with van der Waals surface area (Å²) in [5, 5.41) is 12.3. The van der Waals surface area contributed by atoms with Gasteiger partial charge in [-0.15, -0.1) is 0 Å². The Morgan fingerprint density at radius 1 is 1.38 bits per heavy atom. The molecule has 0 aliphatic carbocycles. The fraction of sp³-hybridized carbons (Fsp3) is 0.412. The molecule has 0 saturated heterocycles. The Kier molecular flexibility index (Phi) is 5.00. The molecule has 1 amide bonds. The summed E-state index contributed by atoms with van der Waals surface area (Å²) >= 11 is 0. The highest BCUT2D eigenvalue weighted by molar-refractivity contribution is 5.74. The molecule has 0 aromatic carbocycles. The van der Waals surface area contributed by atoms with Gasteiger partial charge in [0, 0.05) is 38.4 Å². The largest absolute Gasteiger partial charge is 0.396 e. The van der Waals surface area contributed by atoms with E-state index in [1.807, 2.05) is 18.2 Å².